The van der Waals surface area contributed by atoms with Crippen LogP contribution >= 0.6 is 11.3 Å². The van der Waals surface area contributed by atoms with Gasteiger partial charge >= 0.3 is 6.18 Å². The molecule has 33 heavy (non-hydrogen) atoms. The molecule has 0 aliphatic carbocycles. The number of aromatic nitrogens is 1. The molecule has 2 aromatic carbocycles. The van der Waals surface area contributed by atoms with Crippen LogP contribution in [0.1, 0.15) is 42.5 Å². The first-order chi connectivity index (χ1) is 15.6. The lowest BCUT2D eigenvalue weighted by molar-refractivity contribution is -0.137. The van der Waals surface area contributed by atoms with Crippen LogP contribution in [0.4, 0.5) is 13.2 Å². The molecular formula is C23H22F3N3O3S. The molecule has 6 nitrogen and oxygen atoms in total. The number of benzene rings is 2. The van der Waals surface area contributed by atoms with Gasteiger partial charge in [0, 0.05) is 24.0 Å². The van der Waals surface area contributed by atoms with Crippen molar-refractivity contribution in [3.8, 4) is 5.75 Å². The lowest BCUT2D eigenvalue weighted by Crippen LogP contribution is -2.34. The number of nitrogens with one attached hydrogen (secondary N) is 2. The molecule has 0 saturated carbocycles. The average Bonchev–Trinajstić information content (AvgIpc) is 3.23. The van der Waals surface area contributed by atoms with Gasteiger partial charge in [-0.1, -0.05) is 6.07 Å². The number of halogens is 3. The summed E-state index contributed by atoms with van der Waals surface area (Å²) in [5.41, 5.74) is 1.70. The van der Waals surface area contributed by atoms with Crippen molar-refractivity contribution in [1.29, 1.82) is 0 Å². The summed E-state index contributed by atoms with van der Waals surface area (Å²) in [5.74, 6) is -0.192. The highest BCUT2D eigenvalue weighted by Crippen LogP contribution is 2.29. The van der Waals surface area contributed by atoms with Gasteiger partial charge in [0.05, 0.1) is 5.56 Å². The minimum absolute atomic E-state index is 0.0993. The minimum atomic E-state index is -4.46. The van der Waals surface area contributed by atoms with Crippen molar-refractivity contribution in [2.24, 2.45) is 0 Å². The summed E-state index contributed by atoms with van der Waals surface area (Å²) in [6.07, 6.45) is -4.46. The molecule has 174 valence electrons. The van der Waals surface area contributed by atoms with Crippen molar-refractivity contribution < 1.29 is 27.5 Å². The van der Waals surface area contributed by atoms with Gasteiger partial charge in [-0.25, -0.2) is 4.98 Å². The first kappa shape index (κ1) is 24.2. The Kier molecular flexibility index (Phi) is 7.70. The van der Waals surface area contributed by atoms with E-state index in [1.165, 1.54) is 11.3 Å². The van der Waals surface area contributed by atoms with E-state index in [9.17, 15) is 22.8 Å². The van der Waals surface area contributed by atoms with Crippen LogP contribution in [-0.4, -0.2) is 29.9 Å². The fraction of sp³-hybridized carbons (Fsp3) is 0.261. The number of alkyl halides is 3. The lowest BCUT2D eigenvalue weighted by atomic mass is 10.1. The fourth-order valence-electron chi connectivity index (χ4n) is 3.00. The number of hydrogen-bond donors (Lipinski definition) is 2. The zero-order chi connectivity index (χ0) is 24.0. The standard InChI is InChI=1S/C23H22F3N3O3S/c1-14-9-15(2)11-18(10-14)32-12-20-29-19(13-33-20)22(31)28-8-7-27-21(30)16-3-5-17(6-4-16)23(24,25)26/h3-6,9-11,13H,7-8,12H2,1-2H3,(H,27,30)(H,28,31). The molecule has 0 bridgehead atoms. The Balaban J connectivity index is 1.42. The Bertz CT molecular complexity index is 1110. The van der Waals surface area contributed by atoms with Crippen LogP contribution in [0, 0.1) is 13.8 Å². The molecule has 3 aromatic rings. The number of thiazole rings is 1. The van der Waals surface area contributed by atoms with E-state index in [0.29, 0.717) is 5.01 Å². The second-order valence-electron chi connectivity index (χ2n) is 7.33. The summed E-state index contributed by atoms with van der Waals surface area (Å²) in [6, 6.07) is 9.80. The Morgan fingerprint density at radius 1 is 0.970 bits per heavy atom. The fourth-order valence-corrected chi connectivity index (χ4v) is 3.68. The molecule has 0 saturated heterocycles. The highest BCUT2D eigenvalue weighted by atomic mass is 32.1. The molecule has 0 aliphatic heterocycles. The lowest BCUT2D eigenvalue weighted by Gasteiger charge is -2.09. The summed E-state index contributed by atoms with van der Waals surface area (Å²) in [4.78, 5) is 28.5. The highest BCUT2D eigenvalue weighted by Gasteiger charge is 2.30. The molecule has 0 spiro atoms. The Morgan fingerprint density at radius 3 is 2.18 bits per heavy atom. The van der Waals surface area contributed by atoms with E-state index in [0.717, 1.165) is 41.1 Å². The van der Waals surface area contributed by atoms with Crippen molar-refractivity contribution in [1.82, 2.24) is 15.6 Å². The predicted octanol–water partition coefficient (Wildman–Crippen LogP) is 4.52. The molecule has 1 aromatic heterocycles. The molecule has 0 radical (unpaired) electrons. The van der Waals surface area contributed by atoms with Gasteiger partial charge in [-0.3, -0.25) is 9.59 Å². The van der Waals surface area contributed by atoms with Crippen LogP contribution in [-0.2, 0) is 12.8 Å². The van der Waals surface area contributed by atoms with Gasteiger partial charge in [0.2, 0.25) is 0 Å². The van der Waals surface area contributed by atoms with E-state index in [-0.39, 0.29) is 31.0 Å². The van der Waals surface area contributed by atoms with E-state index in [1.54, 1.807) is 5.38 Å². The van der Waals surface area contributed by atoms with Gasteiger partial charge < -0.3 is 15.4 Å². The van der Waals surface area contributed by atoms with E-state index in [2.05, 4.69) is 15.6 Å². The Hall–Kier alpha value is -3.40. The monoisotopic (exact) mass is 477 g/mol. The third kappa shape index (κ3) is 7.04. The molecule has 2 amide bonds. The SMILES string of the molecule is Cc1cc(C)cc(OCc2nc(C(=O)NCCNC(=O)c3ccc(C(F)(F)F)cc3)cs2)c1. The smallest absolute Gasteiger partial charge is 0.416 e. The zero-order valence-electron chi connectivity index (χ0n) is 18.0. The molecule has 0 fully saturated rings. The molecule has 0 atom stereocenters. The summed E-state index contributed by atoms with van der Waals surface area (Å²) in [6.45, 7) is 4.45. The number of ether oxygens (including phenoxy) is 1. The second kappa shape index (κ2) is 10.5. The summed E-state index contributed by atoms with van der Waals surface area (Å²) < 4.78 is 43.5. The van der Waals surface area contributed by atoms with Crippen molar-refractivity contribution >= 4 is 23.2 Å². The molecule has 0 unspecified atom stereocenters. The number of rotatable bonds is 8. The molecule has 1 heterocycles. The molecule has 2 N–H and O–H groups in total. The van der Waals surface area contributed by atoms with Crippen molar-refractivity contribution in [3.63, 3.8) is 0 Å². The molecule has 10 heteroatoms. The van der Waals surface area contributed by atoms with E-state index in [1.807, 2.05) is 32.0 Å². The zero-order valence-corrected chi connectivity index (χ0v) is 18.8. The summed E-state index contributed by atoms with van der Waals surface area (Å²) in [7, 11) is 0. The van der Waals surface area contributed by atoms with Crippen LogP contribution in [0.25, 0.3) is 0 Å². The average molecular weight is 478 g/mol. The van der Waals surface area contributed by atoms with Gasteiger partial charge in [0.25, 0.3) is 11.8 Å². The van der Waals surface area contributed by atoms with Gasteiger partial charge in [0.1, 0.15) is 23.1 Å². The molecule has 3 rings (SSSR count). The van der Waals surface area contributed by atoms with Crippen molar-refractivity contribution in [2.45, 2.75) is 26.6 Å². The number of amides is 2. The summed E-state index contributed by atoms with van der Waals surface area (Å²) in [5, 5.41) is 7.45. The van der Waals surface area contributed by atoms with Crippen LogP contribution in [0.2, 0.25) is 0 Å². The molecule has 0 aliphatic rings. The van der Waals surface area contributed by atoms with E-state index < -0.39 is 23.6 Å². The normalized spacial score (nSPS) is 11.2. The van der Waals surface area contributed by atoms with Gasteiger partial charge in [-0.2, -0.15) is 13.2 Å². The van der Waals surface area contributed by atoms with Crippen LogP contribution in [0.5, 0.6) is 5.75 Å². The Morgan fingerprint density at radius 2 is 1.58 bits per heavy atom. The summed E-state index contributed by atoms with van der Waals surface area (Å²) >= 11 is 1.30. The third-order valence-corrected chi connectivity index (χ3v) is 5.33. The number of nitrogens with zero attached hydrogens (tertiary/aromatic N) is 1. The van der Waals surface area contributed by atoms with Crippen LogP contribution in [0.3, 0.4) is 0 Å². The number of carbonyl (C=O) groups excluding carboxylic acids is 2. The second-order valence-corrected chi connectivity index (χ2v) is 8.27. The topological polar surface area (TPSA) is 80.3 Å². The van der Waals surface area contributed by atoms with Crippen LogP contribution < -0.4 is 15.4 Å². The quantitative estimate of drug-likeness (QED) is 0.468. The number of carbonyl (C=O) groups is 2. The van der Waals surface area contributed by atoms with Gasteiger partial charge in [-0.15, -0.1) is 11.3 Å². The largest absolute Gasteiger partial charge is 0.486 e. The first-order valence-electron chi connectivity index (χ1n) is 10.0. The Labute approximate surface area is 192 Å². The predicted molar refractivity (Wildman–Crippen MR) is 118 cm³/mol. The van der Waals surface area contributed by atoms with Gasteiger partial charge in [0.15, 0.2) is 0 Å². The minimum Gasteiger partial charge on any atom is -0.486 e. The maximum absolute atomic E-state index is 12.6. The molecular weight excluding hydrogens is 455 g/mol. The number of aryl methyl sites for hydroxylation is 2. The maximum atomic E-state index is 12.6. The van der Waals surface area contributed by atoms with Crippen molar-refractivity contribution in [3.05, 3.63) is 80.8 Å². The van der Waals surface area contributed by atoms with E-state index >= 15 is 0 Å². The highest BCUT2D eigenvalue weighted by molar-refractivity contribution is 7.09. The van der Waals surface area contributed by atoms with Crippen LogP contribution in [0.15, 0.2) is 47.8 Å². The third-order valence-electron chi connectivity index (χ3n) is 4.51. The maximum Gasteiger partial charge on any atom is 0.416 e. The first-order valence-corrected chi connectivity index (χ1v) is 10.9. The van der Waals surface area contributed by atoms with Gasteiger partial charge in [-0.05, 0) is 61.4 Å². The van der Waals surface area contributed by atoms with Crippen molar-refractivity contribution in [2.75, 3.05) is 13.1 Å². The number of hydrogen-bond acceptors (Lipinski definition) is 5. The van der Waals surface area contributed by atoms with E-state index in [4.69, 9.17) is 4.74 Å².